The second-order valence-corrected chi connectivity index (χ2v) is 8.08. The molecule has 24 heavy (non-hydrogen) atoms. The van der Waals surface area contributed by atoms with Gasteiger partial charge in [0.25, 0.3) is 0 Å². The topological polar surface area (TPSA) is 84.5 Å². The van der Waals surface area contributed by atoms with E-state index in [0.717, 1.165) is 25.9 Å². The molecule has 7 heteroatoms. The normalized spacial score (nSPS) is 17.6. The lowest BCUT2D eigenvalue weighted by atomic mass is 9.80. The van der Waals surface area contributed by atoms with Crippen LogP contribution >= 0.6 is 0 Å². The summed E-state index contributed by atoms with van der Waals surface area (Å²) in [7, 11) is -2.02. The van der Waals surface area contributed by atoms with E-state index in [9.17, 15) is 13.2 Å². The molecule has 0 bridgehead atoms. The Bertz CT molecular complexity index is 661. The van der Waals surface area contributed by atoms with Gasteiger partial charge >= 0.3 is 0 Å². The first-order valence-corrected chi connectivity index (χ1v) is 9.73. The van der Waals surface area contributed by atoms with Crippen molar-refractivity contribution in [3.63, 3.8) is 0 Å². The molecule has 0 radical (unpaired) electrons. The molecule has 134 valence electrons. The minimum atomic E-state index is -3.66. The Morgan fingerprint density at radius 3 is 2.67 bits per heavy atom. The van der Waals surface area contributed by atoms with E-state index in [2.05, 4.69) is 10.0 Å². The molecule has 0 amide bonds. The second kappa shape index (κ2) is 8.20. The van der Waals surface area contributed by atoms with Gasteiger partial charge in [0.05, 0.1) is 11.5 Å². The molecule has 1 aromatic rings. The lowest BCUT2D eigenvalue weighted by Gasteiger charge is -2.37. The van der Waals surface area contributed by atoms with Gasteiger partial charge in [0.15, 0.2) is 5.78 Å². The number of nitrogens with one attached hydrogen (secondary N) is 2. The molecule has 1 heterocycles. The lowest BCUT2D eigenvalue weighted by Crippen LogP contribution is -2.47. The van der Waals surface area contributed by atoms with Crippen LogP contribution in [-0.2, 0) is 14.8 Å². The van der Waals surface area contributed by atoms with Gasteiger partial charge in [0, 0.05) is 31.1 Å². The monoisotopic (exact) mass is 354 g/mol. The number of benzene rings is 1. The summed E-state index contributed by atoms with van der Waals surface area (Å²) in [6, 6.07) is 6.21. The van der Waals surface area contributed by atoms with E-state index in [4.69, 9.17) is 4.74 Å². The van der Waals surface area contributed by atoms with Crippen molar-refractivity contribution in [2.24, 2.45) is 5.41 Å². The summed E-state index contributed by atoms with van der Waals surface area (Å²) in [5, 5.41) is 3.28. The summed E-state index contributed by atoms with van der Waals surface area (Å²) in [4.78, 5) is 11.9. The first kappa shape index (κ1) is 19.1. The molecule has 2 rings (SSSR count). The van der Waals surface area contributed by atoms with Crippen LogP contribution in [0.3, 0.4) is 0 Å². The van der Waals surface area contributed by atoms with E-state index in [-0.39, 0.29) is 16.1 Å². The highest BCUT2D eigenvalue weighted by atomic mass is 32.2. The van der Waals surface area contributed by atoms with Crippen LogP contribution < -0.4 is 10.0 Å². The second-order valence-electron chi connectivity index (χ2n) is 6.31. The average Bonchev–Trinajstić information content (AvgIpc) is 2.61. The Morgan fingerprint density at radius 2 is 2.04 bits per heavy atom. The van der Waals surface area contributed by atoms with E-state index in [1.807, 2.05) is 0 Å². The lowest BCUT2D eigenvalue weighted by molar-refractivity contribution is 0.0577. The SMILES string of the molecule is CCC(=O)c1cccc(S(=O)(=O)NCC2(COC)CCNCC2)c1. The molecular weight excluding hydrogens is 328 g/mol. The molecule has 1 saturated heterocycles. The first-order chi connectivity index (χ1) is 11.4. The zero-order valence-corrected chi connectivity index (χ0v) is 15.1. The Labute approximate surface area is 144 Å². The number of Topliss-reactive ketones (excluding diaryl/α,β-unsaturated/α-hetero) is 1. The summed E-state index contributed by atoms with van der Waals surface area (Å²) in [5.74, 6) is -0.0683. The van der Waals surface area contributed by atoms with Crippen molar-refractivity contribution in [2.45, 2.75) is 31.1 Å². The number of hydrogen-bond donors (Lipinski definition) is 2. The number of hydrogen-bond acceptors (Lipinski definition) is 5. The smallest absolute Gasteiger partial charge is 0.240 e. The van der Waals surface area contributed by atoms with E-state index in [1.165, 1.54) is 12.1 Å². The van der Waals surface area contributed by atoms with E-state index in [0.29, 0.717) is 25.1 Å². The largest absolute Gasteiger partial charge is 0.384 e. The summed E-state index contributed by atoms with van der Waals surface area (Å²) in [6.07, 6.45) is 2.07. The Kier molecular flexibility index (Phi) is 6.51. The molecule has 1 fully saturated rings. The standard InChI is InChI=1S/C17H26N2O4S/c1-3-16(20)14-5-4-6-15(11-14)24(21,22)19-12-17(13-23-2)7-9-18-10-8-17/h4-6,11,18-19H,3,7-10,12-13H2,1-2H3. The summed E-state index contributed by atoms with van der Waals surface area (Å²) in [5.41, 5.74) is 0.234. The number of ketones is 1. The van der Waals surface area contributed by atoms with E-state index in [1.54, 1.807) is 26.2 Å². The maximum absolute atomic E-state index is 12.6. The molecular formula is C17H26N2O4S. The third kappa shape index (κ3) is 4.63. The average molecular weight is 354 g/mol. The molecule has 6 nitrogen and oxygen atoms in total. The van der Waals surface area contributed by atoms with Crippen molar-refractivity contribution in [3.8, 4) is 0 Å². The third-order valence-corrected chi connectivity index (χ3v) is 5.94. The van der Waals surface area contributed by atoms with Crippen molar-refractivity contribution >= 4 is 15.8 Å². The predicted octanol–water partition coefficient (Wildman–Crippen LogP) is 1.57. The van der Waals surface area contributed by atoms with Crippen molar-refractivity contribution in [3.05, 3.63) is 29.8 Å². The maximum atomic E-state index is 12.6. The number of ether oxygens (including phenoxy) is 1. The van der Waals surface area contributed by atoms with Crippen LogP contribution in [0.25, 0.3) is 0 Å². The van der Waals surface area contributed by atoms with Gasteiger partial charge in [-0.05, 0) is 38.1 Å². The summed E-state index contributed by atoms with van der Waals surface area (Å²) in [6.45, 7) is 4.31. The van der Waals surface area contributed by atoms with Crippen molar-refractivity contribution in [1.82, 2.24) is 10.0 Å². The highest BCUT2D eigenvalue weighted by Crippen LogP contribution is 2.29. The molecule has 1 aliphatic heterocycles. The van der Waals surface area contributed by atoms with Crippen LogP contribution in [0.2, 0.25) is 0 Å². The molecule has 0 aromatic heterocycles. The highest BCUT2D eigenvalue weighted by Gasteiger charge is 2.33. The Hall–Kier alpha value is -1.28. The predicted molar refractivity (Wildman–Crippen MR) is 92.7 cm³/mol. The van der Waals surface area contributed by atoms with Gasteiger partial charge in [-0.15, -0.1) is 0 Å². The highest BCUT2D eigenvalue weighted by molar-refractivity contribution is 7.89. The molecule has 1 aromatic carbocycles. The van der Waals surface area contributed by atoms with Crippen LogP contribution in [0.5, 0.6) is 0 Å². The van der Waals surface area contributed by atoms with Gasteiger partial charge in [0.1, 0.15) is 0 Å². The van der Waals surface area contributed by atoms with Crippen LogP contribution in [0, 0.1) is 5.41 Å². The number of sulfonamides is 1. The summed E-state index contributed by atoms with van der Waals surface area (Å²) >= 11 is 0. The maximum Gasteiger partial charge on any atom is 0.240 e. The zero-order chi connectivity index (χ0) is 17.6. The van der Waals surface area contributed by atoms with Gasteiger partial charge < -0.3 is 10.1 Å². The molecule has 0 saturated carbocycles. The number of carbonyl (C=O) groups excluding carboxylic acids is 1. The van der Waals surface area contributed by atoms with Crippen LogP contribution in [0.1, 0.15) is 36.5 Å². The van der Waals surface area contributed by atoms with Crippen molar-refractivity contribution in [2.75, 3.05) is 33.4 Å². The van der Waals surface area contributed by atoms with Gasteiger partial charge in [-0.3, -0.25) is 4.79 Å². The van der Waals surface area contributed by atoms with E-state index >= 15 is 0 Å². The summed E-state index contributed by atoms with van der Waals surface area (Å²) < 4.78 is 33.2. The molecule has 0 aliphatic carbocycles. The van der Waals surface area contributed by atoms with Crippen LogP contribution in [0.4, 0.5) is 0 Å². The third-order valence-electron chi connectivity index (χ3n) is 4.54. The quantitative estimate of drug-likeness (QED) is 0.692. The molecule has 2 N–H and O–H groups in total. The molecule has 0 unspecified atom stereocenters. The number of methoxy groups -OCH3 is 1. The molecule has 0 atom stereocenters. The van der Waals surface area contributed by atoms with E-state index < -0.39 is 10.0 Å². The fourth-order valence-electron chi connectivity index (χ4n) is 3.01. The zero-order valence-electron chi connectivity index (χ0n) is 14.3. The van der Waals surface area contributed by atoms with Gasteiger partial charge in [-0.1, -0.05) is 19.1 Å². The Balaban J connectivity index is 2.14. The van der Waals surface area contributed by atoms with Crippen LogP contribution in [0.15, 0.2) is 29.2 Å². The van der Waals surface area contributed by atoms with Gasteiger partial charge in [-0.2, -0.15) is 0 Å². The van der Waals surface area contributed by atoms with Crippen LogP contribution in [-0.4, -0.2) is 47.6 Å². The number of carbonyl (C=O) groups is 1. The fourth-order valence-corrected chi connectivity index (χ4v) is 4.21. The molecule has 1 aliphatic rings. The first-order valence-electron chi connectivity index (χ1n) is 8.25. The van der Waals surface area contributed by atoms with Crippen molar-refractivity contribution in [1.29, 1.82) is 0 Å². The number of piperidine rings is 1. The fraction of sp³-hybridized carbons (Fsp3) is 0.588. The van der Waals surface area contributed by atoms with Gasteiger partial charge in [-0.25, -0.2) is 13.1 Å². The molecule has 0 spiro atoms. The minimum Gasteiger partial charge on any atom is -0.384 e. The van der Waals surface area contributed by atoms with Crippen molar-refractivity contribution < 1.29 is 17.9 Å². The van der Waals surface area contributed by atoms with Gasteiger partial charge in [0.2, 0.25) is 10.0 Å². The Morgan fingerprint density at radius 1 is 1.33 bits per heavy atom. The minimum absolute atomic E-state index is 0.0683. The number of rotatable bonds is 8.